The SMILES string of the molecule is OCCCCCCCCC(CO)C1CC1. The van der Waals surface area contributed by atoms with Crippen molar-refractivity contribution in [3.63, 3.8) is 0 Å². The van der Waals surface area contributed by atoms with Crippen molar-refractivity contribution in [1.82, 2.24) is 0 Å². The molecule has 2 N–H and O–H groups in total. The summed E-state index contributed by atoms with van der Waals surface area (Å²) < 4.78 is 0. The van der Waals surface area contributed by atoms with Crippen molar-refractivity contribution in [2.45, 2.75) is 57.8 Å². The van der Waals surface area contributed by atoms with Gasteiger partial charge < -0.3 is 10.2 Å². The summed E-state index contributed by atoms with van der Waals surface area (Å²) in [6.45, 7) is 0.740. The smallest absolute Gasteiger partial charge is 0.0461 e. The van der Waals surface area contributed by atoms with E-state index in [1.165, 1.54) is 51.4 Å². The van der Waals surface area contributed by atoms with E-state index in [0.29, 0.717) is 19.1 Å². The molecule has 0 spiro atoms. The molecule has 0 aromatic rings. The monoisotopic (exact) mass is 214 g/mol. The molecule has 0 radical (unpaired) electrons. The fourth-order valence-corrected chi connectivity index (χ4v) is 2.27. The summed E-state index contributed by atoms with van der Waals surface area (Å²) in [5, 5.41) is 17.8. The van der Waals surface area contributed by atoms with Crippen LogP contribution in [0, 0.1) is 11.8 Å². The molecule has 1 atom stereocenters. The number of hydrogen-bond acceptors (Lipinski definition) is 2. The molecule has 1 aliphatic carbocycles. The normalized spacial score (nSPS) is 18.0. The first kappa shape index (κ1) is 13.0. The van der Waals surface area contributed by atoms with Crippen LogP contribution in [0.15, 0.2) is 0 Å². The molecule has 0 saturated heterocycles. The van der Waals surface area contributed by atoms with Gasteiger partial charge in [-0.1, -0.05) is 32.1 Å². The van der Waals surface area contributed by atoms with Crippen molar-refractivity contribution >= 4 is 0 Å². The van der Waals surface area contributed by atoms with E-state index in [2.05, 4.69) is 0 Å². The minimum Gasteiger partial charge on any atom is -0.396 e. The highest BCUT2D eigenvalue weighted by Gasteiger charge is 2.29. The molecular weight excluding hydrogens is 188 g/mol. The highest BCUT2D eigenvalue weighted by Crippen LogP contribution is 2.38. The minimum absolute atomic E-state index is 0.342. The third-order valence-electron chi connectivity index (χ3n) is 3.51. The van der Waals surface area contributed by atoms with Crippen molar-refractivity contribution in [3.05, 3.63) is 0 Å². The Hall–Kier alpha value is -0.0800. The van der Waals surface area contributed by atoms with Crippen LogP contribution in [0.25, 0.3) is 0 Å². The third kappa shape index (κ3) is 6.16. The first-order valence-electron chi connectivity index (χ1n) is 6.60. The zero-order valence-corrected chi connectivity index (χ0v) is 9.83. The van der Waals surface area contributed by atoms with Crippen LogP contribution in [0.1, 0.15) is 57.8 Å². The van der Waals surface area contributed by atoms with E-state index in [9.17, 15) is 5.11 Å². The lowest BCUT2D eigenvalue weighted by molar-refractivity contribution is 0.198. The molecule has 1 fully saturated rings. The summed E-state index contributed by atoms with van der Waals surface area (Å²) in [5.74, 6) is 1.45. The molecule has 0 amide bonds. The standard InChI is InChI=1S/C13H26O2/c14-10-6-4-2-1-3-5-7-13(11-15)12-8-9-12/h12-15H,1-11H2. The molecule has 2 heteroatoms. The van der Waals surface area contributed by atoms with Crippen LogP contribution in [-0.4, -0.2) is 23.4 Å². The van der Waals surface area contributed by atoms with Gasteiger partial charge in [0.25, 0.3) is 0 Å². The highest BCUT2D eigenvalue weighted by molar-refractivity contribution is 4.80. The van der Waals surface area contributed by atoms with Crippen LogP contribution >= 0.6 is 0 Å². The molecule has 0 heterocycles. The molecule has 15 heavy (non-hydrogen) atoms. The molecule has 0 bridgehead atoms. The summed E-state index contributed by atoms with van der Waals surface area (Å²) in [6, 6.07) is 0. The average molecular weight is 214 g/mol. The number of hydrogen-bond donors (Lipinski definition) is 2. The van der Waals surface area contributed by atoms with Gasteiger partial charge in [-0.15, -0.1) is 0 Å². The van der Waals surface area contributed by atoms with Gasteiger partial charge in [-0.3, -0.25) is 0 Å². The maximum Gasteiger partial charge on any atom is 0.0461 e. The van der Waals surface area contributed by atoms with E-state index < -0.39 is 0 Å². The highest BCUT2D eigenvalue weighted by atomic mass is 16.3. The zero-order valence-electron chi connectivity index (χ0n) is 9.83. The van der Waals surface area contributed by atoms with E-state index in [-0.39, 0.29) is 0 Å². The Balaban J connectivity index is 1.83. The average Bonchev–Trinajstić information content (AvgIpc) is 3.06. The fraction of sp³-hybridized carbons (Fsp3) is 1.00. The Labute approximate surface area is 93.7 Å². The second-order valence-electron chi connectivity index (χ2n) is 4.91. The Morgan fingerprint density at radius 1 is 0.867 bits per heavy atom. The zero-order chi connectivity index (χ0) is 10.9. The van der Waals surface area contributed by atoms with Crippen molar-refractivity contribution in [3.8, 4) is 0 Å². The van der Waals surface area contributed by atoms with Crippen LogP contribution in [-0.2, 0) is 0 Å². The van der Waals surface area contributed by atoms with E-state index in [1.807, 2.05) is 0 Å². The molecule has 1 aliphatic rings. The van der Waals surface area contributed by atoms with Gasteiger partial charge in [-0.25, -0.2) is 0 Å². The number of rotatable bonds is 10. The van der Waals surface area contributed by atoms with Crippen LogP contribution in [0.2, 0.25) is 0 Å². The second kappa shape index (κ2) is 8.12. The summed E-state index contributed by atoms with van der Waals surface area (Å²) in [5.41, 5.74) is 0. The molecule has 1 unspecified atom stereocenters. The summed E-state index contributed by atoms with van der Waals surface area (Å²) in [4.78, 5) is 0. The van der Waals surface area contributed by atoms with Gasteiger partial charge in [-0.2, -0.15) is 0 Å². The summed E-state index contributed by atoms with van der Waals surface area (Å²) >= 11 is 0. The van der Waals surface area contributed by atoms with Gasteiger partial charge in [-0.05, 0) is 37.5 Å². The van der Waals surface area contributed by atoms with Gasteiger partial charge in [0.15, 0.2) is 0 Å². The molecule has 90 valence electrons. The topological polar surface area (TPSA) is 40.5 Å². The lowest BCUT2D eigenvalue weighted by Gasteiger charge is -2.12. The van der Waals surface area contributed by atoms with Gasteiger partial charge in [0.1, 0.15) is 0 Å². The van der Waals surface area contributed by atoms with Crippen LogP contribution in [0.5, 0.6) is 0 Å². The Bertz CT molecular complexity index is 143. The Morgan fingerprint density at radius 3 is 2.00 bits per heavy atom. The molecule has 1 saturated carbocycles. The van der Waals surface area contributed by atoms with Crippen molar-refractivity contribution in [2.24, 2.45) is 11.8 Å². The molecule has 0 aromatic carbocycles. The lowest BCUT2D eigenvalue weighted by atomic mass is 9.96. The van der Waals surface area contributed by atoms with E-state index in [1.54, 1.807) is 0 Å². The number of unbranched alkanes of at least 4 members (excludes halogenated alkanes) is 5. The molecule has 0 aromatic heterocycles. The van der Waals surface area contributed by atoms with Crippen molar-refractivity contribution < 1.29 is 10.2 Å². The summed E-state index contributed by atoms with van der Waals surface area (Å²) in [7, 11) is 0. The quantitative estimate of drug-likeness (QED) is 0.549. The predicted octanol–water partition coefficient (Wildman–Crippen LogP) is 2.73. The Kier molecular flexibility index (Phi) is 7.03. The molecule has 1 rings (SSSR count). The maximum absolute atomic E-state index is 9.18. The Morgan fingerprint density at radius 2 is 1.47 bits per heavy atom. The number of aliphatic hydroxyl groups excluding tert-OH is 2. The van der Waals surface area contributed by atoms with Crippen LogP contribution in [0.4, 0.5) is 0 Å². The van der Waals surface area contributed by atoms with Crippen molar-refractivity contribution in [1.29, 1.82) is 0 Å². The molecule has 0 aliphatic heterocycles. The van der Waals surface area contributed by atoms with Gasteiger partial charge in [0, 0.05) is 13.2 Å². The largest absolute Gasteiger partial charge is 0.396 e. The fourth-order valence-electron chi connectivity index (χ4n) is 2.27. The van der Waals surface area contributed by atoms with E-state index in [4.69, 9.17) is 5.11 Å². The minimum atomic E-state index is 0.342. The second-order valence-corrected chi connectivity index (χ2v) is 4.91. The first-order valence-corrected chi connectivity index (χ1v) is 6.60. The van der Waals surface area contributed by atoms with Crippen LogP contribution in [0.3, 0.4) is 0 Å². The molecular formula is C13H26O2. The number of aliphatic hydroxyl groups is 2. The predicted molar refractivity (Wildman–Crippen MR) is 62.7 cm³/mol. The van der Waals surface area contributed by atoms with E-state index in [0.717, 1.165) is 12.3 Å². The lowest BCUT2D eigenvalue weighted by Crippen LogP contribution is -2.08. The van der Waals surface area contributed by atoms with Crippen LogP contribution < -0.4 is 0 Å². The van der Waals surface area contributed by atoms with E-state index >= 15 is 0 Å². The van der Waals surface area contributed by atoms with Gasteiger partial charge in [0.05, 0.1) is 0 Å². The third-order valence-corrected chi connectivity index (χ3v) is 3.51. The molecule has 2 nitrogen and oxygen atoms in total. The van der Waals surface area contributed by atoms with Crippen molar-refractivity contribution in [2.75, 3.05) is 13.2 Å². The first-order chi connectivity index (χ1) is 7.38. The van der Waals surface area contributed by atoms with Gasteiger partial charge >= 0.3 is 0 Å². The maximum atomic E-state index is 9.18. The van der Waals surface area contributed by atoms with Gasteiger partial charge in [0.2, 0.25) is 0 Å². The summed E-state index contributed by atoms with van der Waals surface area (Å²) in [6.07, 6.45) is 11.2.